The first-order chi connectivity index (χ1) is 14.1. The normalized spacial score (nSPS) is 10.1. The molecule has 0 spiro atoms. The Morgan fingerprint density at radius 1 is 0.793 bits per heavy atom. The van der Waals surface area contributed by atoms with Crippen molar-refractivity contribution < 1.29 is 23.8 Å². The van der Waals surface area contributed by atoms with E-state index >= 15 is 0 Å². The van der Waals surface area contributed by atoms with Gasteiger partial charge in [-0.2, -0.15) is 0 Å². The van der Waals surface area contributed by atoms with Gasteiger partial charge in [-0.3, -0.25) is 4.79 Å². The lowest BCUT2D eigenvalue weighted by Crippen LogP contribution is -2.12. The number of esters is 1. The highest BCUT2D eigenvalue weighted by atomic mass is 16.5. The summed E-state index contributed by atoms with van der Waals surface area (Å²) in [4.78, 5) is 24.8. The maximum absolute atomic E-state index is 12.5. The van der Waals surface area contributed by atoms with Crippen LogP contribution >= 0.6 is 0 Å². The monoisotopic (exact) mass is 391 g/mol. The molecule has 148 valence electrons. The Morgan fingerprint density at radius 3 is 2.00 bits per heavy atom. The number of carbonyl (C=O) groups excluding carboxylic acids is 2. The number of anilines is 1. The number of amides is 1. The Kier molecular flexibility index (Phi) is 6.47. The lowest BCUT2D eigenvalue weighted by molar-refractivity contribution is 0.0465. The van der Waals surface area contributed by atoms with Crippen LogP contribution in [0.1, 0.15) is 26.3 Å². The standard InChI is InChI=1S/C23H21NO5/c1-27-19-9-6-10-20(28-2)21(19)23(26)29-15-16-11-13-17(14-12-16)22(25)24-18-7-4-3-5-8-18/h3-14H,15H2,1-2H3,(H,24,25). The van der Waals surface area contributed by atoms with E-state index in [2.05, 4.69) is 5.32 Å². The van der Waals surface area contributed by atoms with Gasteiger partial charge in [0.15, 0.2) is 0 Å². The smallest absolute Gasteiger partial charge is 0.346 e. The van der Waals surface area contributed by atoms with Gasteiger partial charge in [0.25, 0.3) is 5.91 Å². The van der Waals surface area contributed by atoms with Gasteiger partial charge < -0.3 is 19.5 Å². The molecule has 0 radical (unpaired) electrons. The summed E-state index contributed by atoms with van der Waals surface area (Å²) in [5.41, 5.74) is 2.22. The zero-order valence-corrected chi connectivity index (χ0v) is 16.2. The SMILES string of the molecule is COc1cccc(OC)c1C(=O)OCc1ccc(C(=O)Nc2ccccc2)cc1. The molecule has 3 aromatic rings. The highest BCUT2D eigenvalue weighted by Gasteiger charge is 2.19. The quantitative estimate of drug-likeness (QED) is 0.608. The number of nitrogens with one attached hydrogen (secondary N) is 1. The van der Waals surface area contributed by atoms with Crippen molar-refractivity contribution in [3.8, 4) is 11.5 Å². The van der Waals surface area contributed by atoms with Crippen molar-refractivity contribution in [2.75, 3.05) is 19.5 Å². The summed E-state index contributed by atoms with van der Waals surface area (Å²) in [5.74, 6) is -0.00624. The maximum atomic E-state index is 12.5. The molecule has 0 saturated carbocycles. The zero-order valence-electron chi connectivity index (χ0n) is 16.2. The summed E-state index contributed by atoms with van der Waals surface area (Å²) < 4.78 is 15.8. The van der Waals surface area contributed by atoms with Crippen molar-refractivity contribution in [1.29, 1.82) is 0 Å². The fraction of sp³-hybridized carbons (Fsp3) is 0.130. The highest BCUT2D eigenvalue weighted by Crippen LogP contribution is 2.29. The number of para-hydroxylation sites is 1. The van der Waals surface area contributed by atoms with Crippen molar-refractivity contribution in [2.24, 2.45) is 0 Å². The molecule has 6 nitrogen and oxygen atoms in total. The molecule has 0 unspecified atom stereocenters. The Morgan fingerprint density at radius 2 is 1.41 bits per heavy atom. The van der Waals surface area contributed by atoms with E-state index in [1.165, 1.54) is 14.2 Å². The van der Waals surface area contributed by atoms with Gasteiger partial charge in [0.1, 0.15) is 23.7 Å². The molecule has 1 N–H and O–H groups in total. The average Bonchev–Trinajstić information content (AvgIpc) is 2.77. The average molecular weight is 391 g/mol. The predicted molar refractivity (Wildman–Crippen MR) is 110 cm³/mol. The van der Waals surface area contributed by atoms with Crippen molar-refractivity contribution >= 4 is 17.6 Å². The summed E-state index contributed by atoms with van der Waals surface area (Å²) in [6.45, 7) is 0.0562. The number of hydrogen-bond donors (Lipinski definition) is 1. The van der Waals surface area contributed by atoms with Crippen LogP contribution in [0.25, 0.3) is 0 Å². The van der Waals surface area contributed by atoms with Crippen LogP contribution in [0.15, 0.2) is 72.8 Å². The minimum Gasteiger partial charge on any atom is -0.496 e. The summed E-state index contributed by atoms with van der Waals surface area (Å²) in [6, 6.07) is 21.1. The Balaban J connectivity index is 1.63. The Bertz CT molecular complexity index is 962. The molecule has 0 heterocycles. The molecule has 0 aliphatic heterocycles. The highest BCUT2D eigenvalue weighted by molar-refractivity contribution is 6.04. The van der Waals surface area contributed by atoms with Crippen LogP contribution in [0.4, 0.5) is 5.69 Å². The van der Waals surface area contributed by atoms with E-state index in [9.17, 15) is 9.59 Å². The minimum absolute atomic E-state index is 0.0562. The molecule has 0 aliphatic carbocycles. The number of ether oxygens (including phenoxy) is 3. The van der Waals surface area contributed by atoms with Crippen LogP contribution < -0.4 is 14.8 Å². The molecule has 0 bridgehead atoms. The van der Waals surface area contributed by atoms with Gasteiger partial charge in [-0.15, -0.1) is 0 Å². The van der Waals surface area contributed by atoms with Crippen LogP contribution in [0.5, 0.6) is 11.5 Å². The fourth-order valence-electron chi connectivity index (χ4n) is 2.75. The molecule has 1 amide bonds. The topological polar surface area (TPSA) is 73.9 Å². The number of carbonyl (C=O) groups is 2. The minimum atomic E-state index is -0.551. The molecule has 6 heteroatoms. The van der Waals surface area contributed by atoms with Gasteiger partial charge in [0.2, 0.25) is 0 Å². The van der Waals surface area contributed by atoms with Crippen molar-refractivity contribution in [3.05, 3.63) is 89.5 Å². The largest absolute Gasteiger partial charge is 0.496 e. The van der Waals surface area contributed by atoms with Crippen molar-refractivity contribution in [3.63, 3.8) is 0 Å². The van der Waals surface area contributed by atoms with Gasteiger partial charge in [-0.1, -0.05) is 36.4 Å². The van der Waals surface area contributed by atoms with Gasteiger partial charge in [-0.25, -0.2) is 4.79 Å². The maximum Gasteiger partial charge on any atom is 0.346 e. The number of benzene rings is 3. The molecule has 0 atom stereocenters. The van der Waals surface area contributed by atoms with Gasteiger partial charge in [-0.05, 0) is 42.0 Å². The van der Waals surface area contributed by atoms with Crippen molar-refractivity contribution in [2.45, 2.75) is 6.61 Å². The van der Waals surface area contributed by atoms with E-state index in [-0.39, 0.29) is 18.1 Å². The summed E-state index contributed by atoms with van der Waals surface area (Å²) in [7, 11) is 2.95. The van der Waals surface area contributed by atoms with Crippen LogP contribution in [0, 0.1) is 0 Å². The molecular weight excluding hydrogens is 370 g/mol. The summed E-state index contributed by atoms with van der Waals surface area (Å²) in [6.07, 6.45) is 0. The van der Waals surface area contributed by atoms with E-state index in [0.29, 0.717) is 17.1 Å². The number of methoxy groups -OCH3 is 2. The lowest BCUT2D eigenvalue weighted by Gasteiger charge is -2.12. The second-order valence-electron chi connectivity index (χ2n) is 6.13. The molecule has 3 aromatic carbocycles. The van der Waals surface area contributed by atoms with E-state index < -0.39 is 5.97 Å². The van der Waals surface area contributed by atoms with E-state index in [0.717, 1.165) is 11.3 Å². The van der Waals surface area contributed by atoms with Crippen molar-refractivity contribution in [1.82, 2.24) is 0 Å². The Labute approximate surface area is 169 Å². The molecule has 0 saturated heterocycles. The molecule has 0 aromatic heterocycles. The van der Waals surface area contributed by atoms with Gasteiger partial charge in [0, 0.05) is 11.3 Å². The second-order valence-corrected chi connectivity index (χ2v) is 6.13. The molecule has 3 rings (SSSR count). The summed E-state index contributed by atoms with van der Waals surface area (Å²) in [5, 5.41) is 2.82. The first kappa shape index (κ1) is 19.9. The van der Waals surface area contributed by atoms with Crippen LogP contribution in [-0.4, -0.2) is 26.1 Å². The van der Waals surface area contributed by atoms with Gasteiger partial charge >= 0.3 is 5.97 Å². The second kappa shape index (κ2) is 9.41. The molecular formula is C23H21NO5. The fourth-order valence-corrected chi connectivity index (χ4v) is 2.75. The lowest BCUT2D eigenvalue weighted by atomic mass is 10.1. The molecule has 29 heavy (non-hydrogen) atoms. The number of rotatable bonds is 7. The third-order valence-corrected chi connectivity index (χ3v) is 4.25. The predicted octanol–water partition coefficient (Wildman–Crippen LogP) is 4.31. The van der Waals surface area contributed by atoms with Crippen LogP contribution in [0.2, 0.25) is 0 Å². The van der Waals surface area contributed by atoms with Gasteiger partial charge in [0.05, 0.1) is 14.2 Å². The Hall–Kier alpha value is -3.80. The zero-order chi connectivity index (χ0) is 20.6. The molecule has 0 fully saturated rings. The first-order valence-corrected chi connectivity index (χ1v) is 8.96. The third-order valence-electron chi connectivity index (χ3n) is 4.25. The van der Waals surface area contributed by atoms with Crippen LogP contribution in [0.3, 0.4) is 0 Å². The van der Waals surface area contributed by atoms with Crippen LogP contribution in [-0.2, 0) is 11.3 Å². The van der Waals surface area contributed by atoms with E-state index in [1.807, 2.05) is 30.3 Å². The number of hydrogen-bond acceptors (Lipinski definition) is 5. The van der Waals surface area contributed by atoms with E-state index in [4.69, 9.17) is 14.2 Å². The molecule has 0 aliphatic rings. The van der Waals surface area contributed by atoms with E-state index in [1.54, 1.807) is 42.5 Å². The third kappa shape index (κ3) is 4.93. The summed E-state index contributed by atoms with van der Waals surface area (Å²) >= 11 is 0. The first-order valence-electron chi connectivity index (χ1n) is 8.96.